The highest BCUT2D eigenvalue weighted by molar-refractivity contribution is 7.92. The zero-order valence-corrected chi connectivity index (χ0v) is 14.2. The van der Waals surface area contributed by atoms with Crippen LogP contribution in [-0.2, 0) is 10.0 Å². The standard InChI is InChI=1S/C17H20N2O4S/c1-19(15-8-3-2-4-9-15)24(22,23)16-10-5-7-14(13-16)17(21)18-11-6-12-20/h2-5,7-10,13,20H,6,11-12H2,1H3,(H,18,21). The van der Waals surface area contributed by atoms with Gasteiger partial charge in [0, 0.05) is 25.8 Å². The molecule has 0 radical (unpaired) electrons. The number of nitrogens with zero attached hydrogens (tertiary/aromatic N) is 1. The first-order chi connectivity index (χ1) is 11.5. The largest absolute Gasteiger partial charge is 0.396 e. The molecule has 0 aliphatic heterocycles. The summed E-state index contributed by atoms with van der Waals surface area (Å²) in [7, 11) is -2.29. The van der Waals surface area contributed by atoms with Crippen molar-refractivity contribution in [3.63, 3.8) is 0 Å². The van der Waals surface area contributed by atoms with E-state index in [1.807, 2.05) is 0 Å². The summed E-state index contributed by atoms with van der Waals surface area (Å²) in [6.45, 7) is 0.312. The highest BCUT2D eigenvalue weighted by Gasteiger charge is 2.22. The molecule has 0 saturated heterocycles. The first kappa shape index (κ1) is 18.0. The van der Waals surface area contributed by atoms with Gasteiger partial charge in [0.15, 0.2) is 0 Å². The minimum atomic E-state index is -3.76. The molecule has 0 spiro atoms. The van der Waals surface area contributed by atoms with Crippen molar-refractivity contribution in [3.8, 4) is 0 Å². The maximum atomic E-state index is 12.7. The van der Waals surface area contributed by atoms with E-state index in [0.29, 0.717) is 18.7 Å². The van der Waals surface area contributed by atoms with Crippen molar-refractivity contribution in [3.05, 3.63) is 60.2 Å². The van der Waals surface area contributed by atoms with E-state index in [9.17, 15) is 13.2 Å². The summed E-state index contributed by atoms with van der Waals surface area (Å²) in [4.78, 5) is 12.1. The molecule has 2 aromatic rings. The van der Waals surface area contributed by atoms with Crippen LogP contribution in [0, 0.1) is 0 Å². The number of amides is 1. The Balaban J connectivity index is 2.25. The first-order valence-electron chi connectivity index (χ1n) is 7.50. The fourth-order valence-corrected chi connectivity index (χ4v) is 3.36. The molecule has 0 aromatic heterocycles. The summed E-state index contributed by atoms with van der Waals surface area (Å²) in [6.07, 6.45) is 0.445. The Morgan fingerprint density at radius 1 is 1.12 bits per heavy atom. The van der Waals surface area contributed by atoms with Gasteiger partial charge in [-0.15, -0.1) is 0 Å². The number of hydrogen-bond acceptors (Lipinski definition) is 4. The third kappa shape index (κ3) is 4.12. The molecular weight excluding hydrogens is 328 g/mol. The van der Waals surface area contributed by atoms with Crippen molar-refractivity contribution in [2.75, 3.05) is 24.5 Å². The molecule has 6 nitrogen and oxygen atoms in total. The molecule has 0 heterocycles. The maximum Gasteiger partial charge on any atom is 0.264 e. The lowest BCUT2D eigenvalue weighted by Gasteiger charge is -2.19. The van der Waals surface area contributed by atoms with Gasteiger partial charge in [0.25, 0.3) is 15.9 Å². The molecule has 128 valence electrons. The van der Waals surface area contributed by atoms with E-state index >= 15 is 0 Å². The Hall–Kier alpha value is -2.38. The van der Waals surface area contributed by atoms with E-state index < -0.39 is 10.0 Å². The van der Waals surface area contributed by atoms with Gasteiger partial charge in [0.2, 0.25) is 0 Å². The summed E-state index contributed by atoms with van der Waals surface area (Å²) < 4.78 is 26.6. The smallest absolute Gasteiger partial charge is 0.264 e. The molecule has 7 heteroatoms. The quantitative estimate of drug-likeness (QED) is 0.745. The van der Waals surface area contributed by atoms with Crippen molar-refractivity contribution in [2.45, 2.75) is 11.3 Å². The van der Waals surface area contributed by atoms with E-state index in [-0.39, 0.29) is 23.0 Å². The molecule has 0 saturated carbocycles. The Labute approximate surface area is 141 Å². The molecular formula is C17H20N2O4S. The second-order valence-electron chi connectivity index (χ2n) is 5.17. The Morgan fingerprint density at radius 2 is 1.83 bits per heavy atom. The number of aliphatic hydroxyl groups is 1. The predicted octanol–water partition coefficient (Wildman–Crippen LogP) is 1.62. The average Bonchev–Trinajstić information content (AvgIpc) is 2.62. The van der Waals surface area contributed by atoms with Crippen LogP contribution >= 0.6 is 0 Å². The van der Waals surface area contributed by atoms with Gasteiger partial charge < -0.3 is 10.4 Å². The van der Waals surface area contributed by atoms with E-state index in [1.165, 1.54) is 29.6 Å². The fraction of sp³-hybridized carbons (Fsp3) is 0.235. The number of hydrogen-bond donors (Lipinski definition) is 2. The number of para-hydroxylation sites is 1. The summed E-state index contributed by atoms with van der Waals surface area (Å²) >= 11 is 0. The molecule has 0 bridgehead atoms. The predicted molar refractivity (Wildman–Crippen MR) is 92.5 cm³/mol. The van der Waals surface area contributed by atoms with E-state index in [4.69, 9.17) is 5.11 Å². The van der Waals surface area contributed by atoms with Gasteiger partial charge in [-0.1, -0.05) is 24.3 Å². The normalized spacial score (nSPS) is 11.1. The van der Waals surface area contributed by atoms with E-state index in [1.54, 1.807) is 36.4 Å². The molecule has 2 aromatic carbocycles. The summed E-state index contributed by atoms with van der Waals surface area (Å²) in [5.41, 5.74) is 0.797. The zero-order chi connectivity index (χ0) is 17.6. The summed E-state index contributed by atoms with van der Waals surface area (Å²) in [5, 5.41) is 11.4. The maximum absolute atomic E-state index is 12.7. The van der Waals surface area contributed by atoms with Crippen LogP contribution in [0.5, 0.6) is 0 Å². The molecule has 0 fully saturated rings. The Kier molecular flexibility index (Phi) is 5.94. The number of benzene rings is 2. The lowest BCUT2D eigenvalue weighted by Crippen LogP contribution is -2.28. The summed E-state index contributed by atoms with van der Waals surface area (Å²) in [6, 6.07) is 14.6. The molecule has 0 unspecified atom stereocenters. The number of carbonyl (C=O) groups excluding carboxylic acids is 1. The minimum absolute atomic E-state index is 0.0173. The summed E-state index contributed by atoms with van der Waals surface area (Å²) in [5.74, 6) is -0.372. The minimum Gasteiger partial charge on any atom is -0.396 e. The molecule has 1 amide bonds. The SMILES string of the molecule is CN(c1ccccc1)S(=O)(=O)c1cccc(C(=O)NCCCO)c1. The monoisotopic (exact) mass is 348 g/mol. The van der Waals surface area contributed by atoms with Crippen LogP contribution in [0.25, 0.3) is 0 Å². The van der Waals surface area contributed by atoms with Crippen LogP contribution in [0.4, 0.5) is 5.69 Å². The third-order valence-corrected chi connectivity index (χ3v) is 5.28. The van der Waals surface area contributed by atoms with Gasteiger partial charge in [0.1, 0.15) is 0 Å². The van der Waals surface area contributed by atoms with Gasteiger partial charge in [-0.05, 0) is 36.8 Å². The van der Waals surface area contributed by atoms with Crippen molar-refractivity contribution in [2.24, 2.45) is 0 Å². The van der Waals surface area contributed by atoms with Gasteiger partial charge >= 0.3 is 0 Å². The van der Waals surface area contributed by atoms with Crippen LogP contribution < -0.4 is 9.62 Å². The first-order valence-corrected chi connectivity index (χ1v) is 8.94. The number of carbonyl (C=O) groups is 1. The third-order valence-electron chi connectivity index (χ3n) is 3.49. The van der Waals surface area contributed by atoms with E-state index in [2.05, 4.69) is 5.32 Å². The van der Waals surface area contributed by atoms with Crippen LogP contribution in [0.2, 0.25) is 0 Å². The van der Waals surface area contributed by atoms with Crippen LogP contribution in [0.1, 0.15) is 16.8 Å². The lowest BCUT2D eigenvalue weighted by molar-refractivity contribution is 0.0951. The van der Waals surface area contributed by atoms with Crippen LogP contribution in [0.3, 0.4) is 0 Å². The zero-order valence-electron chi connectivity index (χ0n) is 13.3. The van der Waals surface area contributed by atoms with E-state index in [0.717, 1.165) is 0 Å². The van der Waals surface area contributed by atoms with Crippen molar-refractivity contribution in [1.29, 1.82) is 0 Å². The highest BCUT2D eigenvalue weighted by Crippen LogP contribution is 2.22. The number of sulfonamides is 1. The van der Waals surface area contributed by atoms with Crippen molar-refractivity contribution in [1.82, 2.24) is 5.32 Å². The number of anilines is 1. The van der Waals surface area contributed by atoms with Gasteiger partial charge in [-0.2, -0.15) is 0 Å². The van der Waals surface area contributed by atoms with Crippen molar-refractivity contribution >= 4 is 21.6 Å². The molecule has 2 rings (SSSR count). The topological polar surface area (TPSA) is 86.7 Å². The van der Waals surface area contributed by atoms with Gasteiger partial charge in [-0.25, -0.2) is 8.42 Å². The Morgan fingerprint density at radius 3 is 2.50 bits per heavy atom. The Bertz CT molecular complexity index is 791. The average molecular weight is 348 g/mol. The molecule has 0 aliphatic carbocycles. The van der Waals surface area contributed by atoms with Crippen LogP contribution in [-0.4, -0.2) is 39.6 Å². The van der Waals surface area contributed by atoms with Gasteiger partial charge in [0.05, 0.1) is 10.6 Å². The molecule has 0 atom stereocenters. The second kappa shape index (κ2) is 7.94. The molecule has 0 aliphatic rings. The van der Waals surface area contributed by atoms with Crippen molar-refractivity contribution < 1.29 is 18.3 Å². The fourth-order valence-electron chi connectivity index (χ4n) is 2.12. The second-order valence-corrected chi connectivity index (χ2v) is 7.14. The molecule has 24 heavy (non-hydrogen) atoms. The molecule has 2 N–H and O–H groups in total. The van der Waals surface area contributed by atoms with Gasteiger partial charge in [-0.3, -0.25) is 9.10 Å². The lowest BCUT2D eigenvalue weighted by atomic mass is 10.2. The van der Waals surface area contributed by atoms with Crippen LogP contribution in [0.15, 0.2) is 59.5 Å². The highest BCUT2D eigenvalue weighted by atomic mass is 32.2. The number of rotatable bonds is 7. The number of nitrogens with one attached hydrogen (secondary N) is 1. The number of aliphatic hydroxyl groups excluding tert-OH is 1.